The summed E-state index contributed by atoms with van der Waals surface area (Å²) in [5, 5.41) is 12.0. The van der Waals surface area contributed by atoms with Crippen molar-refractivity contribution in [1.82, 2.24) is 0 Å². The molecule has 0 aliphatic rings. The Labute approximate surface area is 125 Å². The number of nitrogens with zero attached hydrogens (tertiary/aromatic N) is 1. The SMILES string of the molecule is C[S@@](=O)Cc1cccc(NCc2ccc(F)c(C#N)c2)c1. The van der Waals surface area contributed by atoms with Gasteiger partial charge in [0, 0.05) is 35.0 Å². The Morgan fingerprint density at radius 3 is 2.76 bits per heavy atom. The molecule has 0 aliphatic carbocycles. The average Bonchev–Trinajstić information content (AvgIpc) is 2.46. The highest BCUT2D eigenvalue weighted by Gasteiger charge is 2.03. The van der Waals surface area contributed by atoms with Crippen LogP contribution in [0.2, 0.25) is 0 Å². The van der Waals surface area contributed by atoms with Crippen molar-refractivity contribution in [2.45, 2.75) is 12.3 Å². The lowest BCUT2D eigenvalue weighted by Gasteiger charge is -2.08. The van der Waals surface area contributed by atoms with Gasteiger partial charge in [0.25, 0.3) is 0 Å². The first-order valence-electron chi connectivity index (χ1n) is 6.40. The Balaban J connectivity index is 2.06. The van der Waals surface area contributed by atoms with Gasteiger partial charge >= 0.3 is 0 Å². The fourth-order valence-corrected chi connectivity index (χ4v) is 2.63. The van der Waals surface area contributed by atoms with Crippen LogP contribution in [0, 0.1) is 17.1 Å². The normalized spacial score (nSPS) is 11.7. The first-order valence-corrected chi connectivity index (χ1v) is 8.12. The largest absolute Gasteiger partial charge is 0.381 e. The Morgan fingerprint density at radius 2 is 2.05 bits per heavy atom. The molecule has 2 aromatic carbocycles. The van der Waals surface area contributed by atoms with Gasteiger partial charge in [0.1, 0.15) is 11.9 Å². The number of benzene rings is 2. The fourth-order valence-electron chi connectivity index (χ4n) is 1.98. The highest BCUT2D eigenvalue weighted by Crippen LogP contribution is 2.15. The van der Waals surface area contributed by atoms with Crippen LogP contribution >= 0.6 is 0 Å². The summed E-state index contributed by atoms with van der Waals surface area (Å²) in [6.45, 7) is 0.494. The second-order valence-electron chi connectivity index (χ2n) is 4.70. The Hall–Kier alpha value is -2.19. The van der Waals surface area contributed by atoms with Gasteiger partial charge in [-0.05, 0) is 35.4 Å². The zero-order valence-corrected chi connectivity index (χ0v) is 12.4. The zero-order chi connectivity index (χ0) is 15.2. The first-order chi connectivity index (χ1) is 10.1. The summed E-state index contributed by atoms with van der Waals surface area (Å²) in [7, 11) is -0.877. The van der Waals surface area contributed by atoms with Gasteiger partial charge in [-0.3, -0.25) is 4.21 Å². The van der Waals surface area contributed by atoms with E-state index in [0.29, 0.717) is 12.3 Å². The second-order valence-corrected chi connectivity index (χ2v) is 6.13. The molecule has 108 valence electrons. The Morgan fingerprint density at radius 1 is 1.24 bits per heavy atom. The first kappa shape index (κ1) is 15.2. The second kappa shape index (κ2) is 7.00. The van der Waals surface area contributed by atoms with Crippen LogP contribution in [0.25, 0.3) is 0 Å². The average molecular weight is 302 g/mol. The lowest BCUT2D eigenvalue weighted by molar-refractivity contribution is 0.623. The predicted molar refractivity (Wildman–Crippen MR) is 82.7 cm³/mol. The zero-order valence-electron chi connectivity index (χ0n) is 11.6. The molecule has 0 unspecified atom stereocenters. The number of rotatable bonds is 5. The third-order valence-corrected chi connectivity index (χ3v) is 3.68. The van der Waals surface area contributed by atoms with Crippen molar-refractivity contribution in [3.8, 4) is 6.07 Å². The molecule has 0 aromatic heterocycles. The van der Waals surface area contributed by atoms with Crippen LogP contribution in [0.5, 0.6) is 0 Å². The molecule has 0 saturated heterocycles. The van der Waals surface area contributed by atoms with E-state index in [1.54, 1.807) is 12.3 Å². The molecule has 0 aliphatic heterocycles. The van der Waals surface area contributed by atoms with Crippen molar-refractivity contribution >= 4 is 16.5 Å². The van der Waals surface area contributed by atoms with E-state index in [2.05, 4.69) is 5.32 Å². The molecule has 21 heavy (non-hydrogen) atoms. The molecule has 0 saturated carbocycles. The van der Waals surface area contributed by atoms with Gasteiger partial charge < -0.3 is 5.32 Å². The summed E-state index contributed by atoms with van der Waals surface area (Å²) in [5.41, 5.74) is 2.78. The molecule has 0 radical (unpaired) electrons. The van der Waals surface area contributed by atoms with E-state index >= 15 is 0 Å². The molecule has 2 rings (SSSR count). The molecule has 2 aromatic rings. The lowest BCUT2D eigenvalue weighted by atomic mass is 10.1. The van der Waals surface area contributed by atoms with E-state index in [4.69, 9.17) is 5.26 Å². The number of anilines is 1. The van der Waals surface area contributed by atoms with E-state index in [-0.39, 0.29) is 5.56 Å². The maximum atomic E-state index is 13.2. The number of nitrogens with one attached hydrogen (secondary N) is 1. The van der Waals surface area contributed by atoms with Gasteiger partial charge in [-0.1, -0.05) is 18.2 Å². The van der Waals surface area contributed by atoms with Crippen LogP contribution < -0.4 is 5.32 Å². The van der Waals surface area contributed by atoms with Crippen LogP contribution in [0.1, 0.15) is 16.7 Å². The van der Waals surface area contributed by atoms with Crippen LogP contribution in [0.4, 0.5) is 10.1 Å². The van der Waals surface area contributed by atoms with E-state index < -0.39 is 16.6 Å². The molecule has 1 atom stereocenters. The van der Waals surface area contributed by atoms with Gasteiger partial charge in [0.2, 0.25) is 0 Å². The minimum atomic E-state index is -0.877. The van der Waals surface area contributed by atoms with Gasteiger partial charge in [0.05, 0.1) is 5.56 Å². The minimum absolute atomic E-state index is 0.0458. The Bertz CT molecular complexity index is 710. The van der Waals surface area contributed by atoms with Crippen LogP contribution in [0.3, 0.4) is 0 Å². The van der Waals surface area contributed by atoms with Crippen molar-refractivity contribution < 1.29 is 8.60 Å². The summed E-state index contributed by atoms with van der Waals surface area (Å²) >= 11 is 0. The highest BCUT2D eigenvalue weighted by atomic mass is 32.2. The quantitative estimate of drug-likeness (QED) is 0.923. The van der Waals surface area contributed by atoms with Crippen molar-refractivity contribution in [2.24, 2.45) is 0 Å². The monoisotopic (exact) mass is 302 g/mol. The van der Waals surface area contributed by atoms with Crippen molar-refractivity contribution in [3.63, 3.8) is 0 Å². The molecular weight excluding hydrogens is 287 g/mol. The summed E-state index contributed by atoms with van der Waals surface area (Å²) in [6.07, 6.45) is 1.67. The van der Waals surface area contributed by atoms with Crippen LogP contribution in [-0.4, -0.2) is 10.5 Å². The molecule has 0 spiro atoms. The number of hydrogen-bond acceptors (Lipinski definition) is 3. The smallest absolute Gasteiger partial charge is 0.140 e. The molecule has 1 N–H and O–H groups in total. The number of nitriles is 1. The number of hydrogen-bond donors (Lipinski definition) is 1. The van der Waals surface area contributed by atoms with E-state index in [9.17, 15) is 8.60 Å². The molecule has 0 bridgehead atoms. The van der Waals surface area contributed by atoms with Gasteiger partial charge in [-0.15, -0.1) is 0 Å². The lowest BCUT2D eigenvalue weighted by Crippen LogP contribution is -2.01. The van der Waals surface area contributed by atoms with E-state index in [1.807, 2.05) is 30.3 Å². The maximum absolute atomic E-state index is 13.2. The Kier molecular flexibility index (Phi) is 5.07. The third kappa shape index (κ3) is 4.40. The van der Waals surface area contributed by atoms with Gasteiger partial charge in [-0.25, -0.2) is 4.39 Å². The third-order valence-electron chi connectivity index (χ3n) is 2.94. The molecule has 5 heteroatoms. The van der Waals surface area contributed by atoms with Crippen LogP contribution in [0.15, 0.2) is 42.5 Å². The minimum Gasteiger partial charge on any atom is -0.381 e. The highest BCUT2D eigenvalue weighted by molar-refractivity contribution is 7.83. The van der Waals surface area contributed by atoms with Crippen LogP contribution in [-0.2, 0) is 23.1 Å². The van der Waals surface area contributed by atoms with Crippen molar-refractivity contribution in [3.05, 3.63) is 65.0 Å². The van der Waals surface area contributed by atoms with E-state index in [0.717, 1.165) is 16.8 Å². The topological polar surface area (TPSA) is 52.9 Å². The molecular formula is C16H15FN2OS. The molecule has 0 fully saturated rings. The summed E-state index contributed by atoms with van der Waals surface area (Å²) in [4.78, 5) is 0. The van der Waals surface area contributed by atoms with E-state index in [1.165, 1.54) is 12.1 Å². The summed E-state index contributed by atoms with van der Waals surface area (Å²) in [6, 6.07) is 14.0. The van der Waals surface area contributed by atoms with Crippen molar-refractivity contribution in [2.75, 3.05) is 11.6 Å². The summed E-state index contributed by atoms with van der Waals surface area (Å²) in [5.74, 6) is 0.0126. The van der Waals surface area contributed by atoms with Gasteiger partial charge in [-0.2, -0.15) is 5.26 Å². The van der Waals surface area contributed by atoms with Crippen molar-refractivity contribution in [1.29, 1.82) is 5.26 Å². The number of halogens is 1. The predicted octanol–water partition coefficient (Wildman–Crippen LogP) is 3.19. The molecule has 0 amide bonds. The van der Waals surface area contributed by atoms with Gasteiger partial charge in [0.15, 0.2) is 0 Å². The summed E-state index contributed by atoms with van der Waals surface area (Å²) < 4.78 is 24.5. The maximum Gasteiger partial charge on any atom is 0.140 e. The molecule has 3 nitrogen and oxygen atoms in total. The fraction of sp³-hybridized carbons (Fsp3) is 0.188. The standard InChI is InChI=1S/C16H15FN2OS/c1-21(20)11-13-3-2-4-15(8-13)19-10-12-5-6-16(17)14(7-12)9-18/h2-8,19H,10-11H2,1H3/t21-/m1/s1. The molecule has 0 heterocycles.